The molecule has 154 valence electrons. The Balaban J connectivity index is 1.92. The van der Waals surface area contributed by atoms with Crippen molar-refractivity contribution in [1.82, 2.24) is 5.32 Å². The number of hydrogen-bond acceptors (Lipinski definition) is 5. The Labute approximate surface area is 174 Å². The van der Waals surface area contributed by atoms with Gasteiger partial charge in [-0.25, -0.2) is 4.79 Å². The maximum absolute atomic E-state index is 12.4. The minimum atomic E-state index is -0.899. The highest BCUT2D eigenvalue weighted by molar-refractivity contribution is 6.30. The van der Waals surface area contributed by atoms with Crippen LogP contribution in [0, 0.1) is 5.92 Å². The lowest BCUT2D eigenvalue weighted by Crippen LogP contribution is -2.45. The van der Waals surface area contributed by atoms with Crippen molar-refractivity contribution in [3.05, 3.63) is 59.1 Å². The first-order valence-electron chi connectivity index (χ1n) is 8.97. The Hall–Kier alpha value is -3.06. The molecule has 0 radical (unpaired) electrons. The van der Waals surface area contributed by atoms with E-state index in [-0.39, 0.29) is 5.92 Å². The van der Waals surface area contributed by atoms with Crippen molar-refractivity contribution in [3.8, 4) is 5.75 Å². The molecular formula is C21H23ClN2O5. The molecule has 7 nitrogen and oxygen atoms in total. The smallest absolute Gasteiger partial charge is 0.329 e. The monoisotopic (exact) mass is 418 g/mol. The second kappa shape index (κ2) is 10.5. The molecule has 0 aliphatic carbocycles. The third-order valence-corrected chi connectivity index (χ3v) is 4.25. The molecule has 0 bridgehead atoms. The minimum absolute atomic E-state index is 0.235. The number of anilines is 1. The second-order valence-corrected chi connectivity index (χ2v) is 7.03. The van der Waals surface area contributed by atoms with E-state index in [2.05, 4.69) is 10.6 Å². The van der Waals surface area contributed by atoms with E-state index in [0.717, 1.165) is 0 Å². The fourth-order valence-electron chi connectivity index (χ4n) is 2.45. The van der Waals surface area contributed by atoms with Crippen LogP contribution in [0.4, 0.5) is 5.69 Å². The van der Waals surface area contributed by atoms with Gasteiger partial charge in [0.25, 0.3) is 11.8 Å². The summed E-state index contributed by atoms with van der Waals surface area (Å²) in [5, 5.41) is 5.70. The van der Waals surface area contributed by atoms with Crippen molar-refractivity contribution in [1.29, 1.82) is 0 Å². The van der Waals surface area contributed by atoms with Crippen LogP contribution in [0.1, 0.15) is 24.2 Å². The van der Waals surface area contributed by atoms with Gasteiger partial charge in [-0.3, -0.25) is 9.59 Å². The van der Waals surface area contributed by atoms with E-state index in [1.54, 1.807) is 62.4 Å². The first-order valence-corrected chi connectivity index (χ1v) is 9.35. The van der Waals surface area contributed by atoms with Gasteiger partial charge in [0.2, 0.25) is 0 Å². The predicted molar refractivity (Wildman–Crippen MR) is 110 cm³/mol. The van der Waals surface area contributed by atoms with E-state index in [1.807, 2.05) is 0 Å². The maximum Gasteiger partial charge on any atom is 0.329 e. The number of nitrogens with one attached hydrogen (secondary N) is 2. The number of methoxy groups -OCH3 is 1. The summed E-state index contributed by atoms with van der Waals surface area (Å²) in [4.78, 5) is 36.8. The molecule has 0 saturated carbocycles. The van der Waals surface area contributed by atoms with Crippen molar-refractivity contribution in [3.63, 3.8) is 0 Å². The average molecular weight is 419 g/mol. The number of rotatable bonds is 8. The van der Waals surface area contributed by atoms with Gasteiger partial charge in [0.15, 0.2) is 6.61 Å². The van der Waals surface area contributed by atoms with Gasteiger partial charge in [-0.15, -0.1) is 0 Å². The molecule has 0 fully saturated rings. The first kappa shape index (κ1) is 22.2. The molecule has 0 unspecified atom stereocenters. The van der Waals surface area contributed by atoms with Crippen LogP contribution >= 0.6 is 11.6 Å². The number of hydrogen-bond donors (Lipinski definition) is 2. The molecule has 1 atom stereocenters. The predicted octanol–water partition coefficient (Wildman–Crippen LogP) is 3.28. The molecule has 2 N–H and O–H groups in total. The summed E-state index contributed by atoms with van der Waals surface area (Å²) in [5.41, 5.74) is 0.870. The number of carbonyl (C=O) groups excluding carboxylic acids is 3. The van der Waals surface area contributed by atoms with E-state index in [4.69, 9.17) is 21.1 Å². The third-order valence-electron chi connectivity index (χ3n) is 4.01. The molecule has 0 aliphatic rings. The Kier molecular flexibility index (Phi) is 8.03. The molecule has 0 spiro atoms. The quantitative estimate of drug-likeness (QED) is 0.641. The van der Waals surface area contributed by atoms with E-state index < -0.39 is 30.4 Å². The normalized spacial score (nSPS) is 11.5. The van der Waals surface area contributed by atoms with Crippen LogP contribution in [0.15, 0.2) is 48.5 Å². The molecule has 2 aromatic rings. The van der Waals surface area contributed by atoms with E-state index in [0.29, 0.717) is 22.0 Å². The summed E-state index contributed by atoms with van der Waals surface area (Å²) in [5.74, 6) is -1.24. The van der Waals surface area contributed by atoms with Crippen LogP contribution < -0.4 is 15.4 Å². The standard InChI is InChI=1S/C21H23ClN2O5/c1-13(2)19(24-20(26)14-7-9-17(28-3)10-8-14)21(27)29-12-18(25)23-16-6-4-5-15(22)11-16/h4-11,13,19H,12H2,1-3H3,(H,23,25)(H,24,26)/t19-/m0/s1. The minimum Gasteiger partial charge on any atom is -0.497 e. The van der Waals surface area contributed by atoms with Gasteiger partial charge < -0.3 is 20.1 Å². The lowest BCUT2D eigenvalue weighted by atomic mass is 10.0. The Morgan fingerprint density at radius 3 is 2.34 bits per heavy atom. The Morgan fingerprint density at radius 1 is 1.07 bits per heavy atom. The number of ether oxygens (including phenoxy) is 2. The molecule has 0 aliphatic heterocycles. The van der Waals surface area contributed by atoms with Crippen LogP contribution in [0.25, 0.3) is 0 Å². The first-order chi connectivity index (χ1) is 13.8. The largest absolute Gasteiger partial charge is 0.497 e. The van der Waals surface area contributed by atoms with Crippen molar-refractivity contribution >= 4 is 35.1 Å². The van der Waals surface area contributed by atoms with Crippen LogP contribution in [-0.2, 0) is 14.3 Å². The van der Waals surface area contributed by atoms with Crippen molar-refractivity contribution < 1.29 is 23.9 Å². The molecule has 0 heterocycles. The lowest BCUT2D eigenvalue weighted by molar-refractivity contribution is -0.150. The van der Waals surface area contributed by atoms with E-state index in [9.17, 15) is 14.4 Å². The molecule has 29 heavy (non-hydrogen) atoms. The SMILES string of the molecule is COc1ccc(C(=O)N[C@H](C(=O)OCC(=O)Nc2cccc(Cl)c2)C(C)C)cc1. The van der Waals surface area contributed by atoms with Gasteiger partial charge in [-0.1, -0.05) is 31.5 Å². The zero-order valence-corrected chi connectivity index (χ0v) is 17.2. The fraction of sp³-hybridized carbons (Fsp3) is 0.286. The molecule has 2 rings (SSSR count). The van der Waals surface area contributed by atoms with Gasteiger partial charge in [0, 0.05) is 16.3 Å². The number of benzene rings is 2. The summed E-state index contributed by atoms with van der Waals surface area (Å²) >= 11 is 5.86. The Bertz CT molecular complexity index is 868. The van der Waals surface area contributed by atoms with Crippen LogP contribution in [0.3, 0.4) is 0 Å². The van der Waals surface area contributed by atoms with Gasteiger partial charge in [0.05, 0.1) is 7.11 Å². The van der Waals surface area contributed by atoms with Crippen molar-refractivity contribution in [2.75, 3.05) is 19.0 Å². The molecule has 0 aromatic heterocycles. The summed E-state index contributed by atoms with van der Waals surface area (Å²) in [6, 6.07) is 12.2. The number of esters is 1. The average Bonchev–Trinajstić information content (AvgIpc) is 2.70. The Morgan fingerprint density at radius 2 is 1.76 bits per heavy atom. The molecule has 0 saturated heterocycles. The van der Waals surface area contributed by atoms with Gasteiger partial charge in [-0.2, -0.15) is 0 Å². The number of halogens is 1. The van der Waals surface area contributed by atoms with Crippen LogP contribution in [0.5, 0.6) is 5.75 Å². The zero-order valence-electron chi connectivity index (χ0n) is 16.4. The van der Waals surface area contributed by atoms with Crippen molar-refractivity contribution in [2.24, 2.45) is 5.92 Å². The van der Waals surface area contributed by atoms with Crippen molar-refractivity contribution in [2.45, 2.75) is 19.9 Å². The van der Waals surface area contributed by atoms with E-state index in [1.165, 1.54) is 7.11 Å². The summed E-state index contributed by atoms with van der Waals surface area (Å²) in [7, 11) is 1.53. The fourth-order valence-corrected chi connectivity index (χ4v) is 2.64. The van der Waals surface area contributed by atoms with Gasteiger partial charge >= 0.3 is 5.97 Å². The number of amides is 2. The third kappa shape index (κ3) is 6.80. The molecule has 2 aromatic carbocycles. The van der Waals surface area contributed by atoms with Crippen LogP contribution in [0.2, 0.25) is 5.02 Å². The highest BCUT2D eigenvalue weighted by Crippen LogP contribution is 2.15. The topological polar surface area (TPSA) is 93.7 Å². The molecule has 2 amide bonds. The summed E-state index contributed by atoms with van der Waals surface area (Å²) < 4.78 is 10.1. The number of carbonyl (C=O) groups is 3. The second-order valence-electron chi connectivity index (χ2n) is 6.59. The van der Waals surface area contributed by atoms with Gasteiger partial charge in [-0.05, 0) is 48.4 Å². The highest BCUT2D eigenvalue weighted by atomic mass is 35.5. The highest BCUT2D eigenvalue weighted by Gasteiger charge is 2.26. The summed E-state index contributed by atoms with van der Waals surface area (Å²) in [6.45, 7) is 3.06. The maximum atomic E-state index is 12.4. The lowest BCUT2D eigenvalue weighted by Gasteiger charge is -2.21. The van der Waals surface area contributed by atoms with E-state index >= 15 is 0 Å². The molecular weight excluding hydrogens is 396 g/mol. The van der Waals surface area contributed by atoms with Crippen LogP contribution in [-0.4, -0.2) is 37.5 Å². The zero-order chi connectivity index (χ0) is 21.4. The van der Waals surface area contributed by atoms with Gasteiger partial charge in [0.1, 0.15) is 11.8 Å². The summed E-state index contributed by atoms with van der Waals surface area (Å²) in [6.07, 6.45) is 0. The molecule has 8 heteroatoms.